The second-order valence-electron chi connectivity index (χ2n) is 3.59. The lowest BCUT2D eigenvalue weighted by atomic mass is 10.0. The highest BCUT2D eigenvalue weighted by Gasteiger charge is 2.36. The van der Waals surface area contributed by atoms with Gasteiger partial charge in [0.1, 0.15) is 0 Å². The van der Waals surface area contributed by atoms with Gasteiger partial charge in [0.2, 0.25) is 0 Å². The lowest BCUT2D eigenvalue weighted by Crippen LogP contribution is -2.40. The number of rotatable bonds is 2. The van der Waals surface area contributed by atoms with Gasteiger partial charge in [-0.1, -0.05) is 19.3 Å². The second-order valence-corrected chi connectivity index (χ2v) is 6.93. The average molecular weight is 174 g/mol. The number of hydrogen-bond donors (Lipinski definition) is 1. The molecule has 0 heterocycles. The summed E-state index contributed by atoms with van der Waals surface area (Å²) in [5.74, 6) is 0. The van der Waals surface area contributed by atoms with E-state index in [9.17, 15) is 4.80 Å². The van der Waals surface area contributed by atoms with Crippen molar-refractivity contribution >= 4 is 8.56 Å². The highest BCUT2D eigenvalue weighted by atomic mass is 28.4. The molecule has 1 fully saturated rings. The fourth-order valence-electron chi connectivity index (χ4n) is 1.80. The van der Waals surface area contributed by atoms with Crippen molar-refractivity contribution in [3.8, 4) is 0 Å². The molecule has 1 aliphatic rings. The molecule has 0 aromatic heterocycles. The van der Waals surface area contributed by atoms with Crippen molar-refractivity contribution in [1.29, 1.82) is 0 Å². The van der Waals surface area contributed by atoms with Crippen molar-refractivity contribution in [1.82, 2.24) is 0 Å². The molecule has 1 rings (SSSR count). The minimum atomic E-state index is -2.28. The SMILES string of the molecule is CO[Si](C)(O)C1CCCCC1. The lowest BCUT2D eigenvalue weighted by Gasteiger charge is -2.31. The molecule has 0 radical (unpaired) electrons. The van der Waals surface area contributed by atoms with Gasteiger partial charge in [-0.25, -0.2) is 0 Å². The molecule has 0 aliphatic heterocycles. The molecule has 0 amide bonds. The summed E-state index contributed by atoms with van der Waals surface area (Å²) in [6.07, 6.45) is 6.24. The van der Waals surface area contributed by atoms with E-state index in [1.54, 1.807) is 7.11 Å². The van der Waals surface area contributed by atoms with Crippen molar-refractivity contribution in [3.05, 3.63) is 0 Å². The first-order valence-corrected chi connectivity index (χ1v) is 6.87. The normalized spacial score (nSPS) is 26.5. The van der Waals surface area contributed by atoms with Crippen LogP contribution in [0.15, 0.2) is 0 Å². The van der Waals surface area contributed by atoms with Crippen LogP contribution in [0.5, 0.6) is 0 Å². The molecular formula is C8H18O2Si. The van der Waals surface area contributed by atoms with Crippen LogP contribution in [-0.4, -0.2) is 20.5 Å². The molecule has 0 spiro atoms. The fraction of sp³-hybridized carbons (Fsp3) is 1.00. The van der Waals surface area contributed by atoms with Crippen LogP contribution >= 0.6 is 0 Å². The fourth-order valence-corrected chi connectivity index (χ4v) is 3.62. The summed E-state index contributed by atoms with van der Waals surface area (Å²) in [5.41, 5.74) is 0.487. The van der Waals surface area contributed by atoms with Gasteiger partial charge in [-0.15, -0.1) is 0 Å². The Morgan fingerprint density at radius 2 is 1.82 bits per heavy atom. The molecule has 1 unspecified atom stereocenters. The van der Waals surface area contributed by atoms with Crippen molar-refractivity contribution < 1.29 is 9.22 Å². The third-order valence-electron chi connectivity index (χ3n) is 2.78. The van der Waals surface area contributed by atoms with Gasteiger partial charge >= 0.3 is 8.56 Å². The van der Waals surface area contributed by atoms with Gasteiger partial charge in [0.25, 0.3) is 0 Å². The molecule has 1 saturated carbocycles. The van der Waals surface area contributed by atoms with Crippen molar-refractivity contribution in [2.75, 3.05) is 7.11 Å². The van der Waals surface area contributed by atoms with Crippen LogP contribution in [-0.2, 0) is 4.43 Å². The Kier molecular flexibility index (Phi) is 3.10. The van der Waals surface area contributed by atoms with E-state index < -0.39 is 8.56 Å². The van der Waals surface area contributed by atoms with Gasteiger partial charge < -0.3 is 9.22 Å². The summed E-state index contributed by atoms with van der Waals surface area (Å²) in [5, 5.41) is 0. The molecule has 1 aliphatic carbocycles. The van der Waals surface area contributed by atoms with Crippen molar-refractivity contribution in [2.24, 2.45) is 0 Å². The van der Waals surface area contributed by atoms with E-state index in [0.29, 0.717) is 5.54 Å². The van der Waals surface area contributed by atoms with Gasteiger partial charge in [0.05, 0.1) is 0 Å². The lowest BCUT2D eigenvalue weighted by molar-refractivity contribution is 0.264. The zero-order valence-electron chi connectivity index (χ0n) is 7.47. The van der Waals surface area contributed by atoms with E-state index in [4.69, 9.17) is 4.43 Å². The van der Waals surface area contributed by atoms with Crippen LogP contribution in [0.1, 0.15) is 32.1 Å². The highest BCUT2D eigenvalue weighted by molar-refractivity contribution is 6.66. The summed E-state index contributed by atoms with van der Waals surface area (Å²) in [7, 11) is -0.637. The molecule has 1 atom stereocenters. The smallest absolute Gasteiger partial charge is 0.335 e. The van der Waals surface area contributed by atoms with Crippen LogP contribution < -0.4 is 0 Å². The topological polar surface area (TPSA) is 29.5 Å². The van der Waals surface area contributed by atoms with E-state index in [-0.39, 0.29) is 0 Å². The van der Waals surface area contributed by atoms with Gasteiger partial charge in [0.15, 0.2) is 0 Å². The van der Waals surface area contributed by atoms with Gasteiger partial charge in [-0.3, -0.25) is 0 Å². The summed E-state index contributed by atoms with van der Waals surface area (Å²) >= 11 is 0. The maximum absolute atomic E-state index is 9.86. The second kappa shape index (κ2) is 3.69. The van der Waals surface area contributed by atoms with E-state index >= 15 is 0 Å². The Hall–Kier alpha value is 0.137. The van der Waals surface area contributed by atoms with Crippen LogP contribution in [0.25, 0.3) is 0 Å². The Balaban J connectivity index is 2.43. The monoisotopic (exact) mass is 174 g/mol. The summed E-state index contributed by atoms with van der Waals surface area (Å²) in [6.45, 7) is 1.91. The van der Waals surface area contributed by atoms with Gasteiger partial charge in [0, 0.05) is 12.7 Å². The first-order chi connectivity index (χ1) is 5.17. The Bertz CT molecular complexity index is 119. The summed E-state index contributed by atoms with van der Waals surface area (Å²) in [6, 6.07) is 0. The highest BCUT2D eigenvalue weighted by Crippen LogP contribution is 2.35. The molecule has 0 aromatic rings. The Morgan fingerprint density at radius 1 is 1.27 bits per heavy atom. The van der Waals surface area contributed by atoms with Crippen LogP contribution in [0.3, 0.4) is 0 Å². The van der Waals surface area contributed by atoms with Crippen molar-refractivity contribution in [2.45, 2.75) is 44.2 Å². The average Bonchev–Trinajstić information content (AvgIpc) is 2.06. The molecule has 2 nitrogen and oxygen atoms in total. The van der Waals surface area contributed by atoms with E-state index in [2.05, 4.69) is 0 Å². The molecule has 66 valence electrons. The first-order valence-electron chi connectivity index (χ1n) is 4.44. The van der Waals surface area contributed by atoms with Crippen molar-refractivity contribution in [3.63, 3.8) is 0 Å². The molecule has 0 aromatic carbocycles. The largest absolute Gasteiger partial charge is 0.411 e. The predicted molar refractivity (Wildman–Crippen MR) is 47.7 cm³/mol. The minimum absolute atomic E-state index is 0.487. The molecule has 0 saturated heterocycles. The Labute approximate surface area is 69.8 Å². The molecule has 11 heavy (non-hydrogen) atoms. The first kappa shape index (κ1) is 9.23. The van der Waals surface area contributed by atoms with Crippen LogP contribution in [0, 0.1) is 0 Å². The zero-order chi connectivity index (χ0) is 8.32. The predicted octanol–water partition coefficient (Wildman–Crippen LogP) is 2.03. The van der Waals surface area contributed by atoms with E-state index in [1.165, 1.54) is 32.1 Å². The molecular weight excluding hydrogens is 156 g/mol. The summed E-state index contributed by atoms with van der Waals surface area (Å²) < 4.78 is 5.17. The third kappa shape index (κ3) is 2.29. The summed E-state index contributed by atoms with van der Waals surface area (Å²) in [4.78, 5) is 9.86. The standard InChI is InChI=1S/C8H18O2Si/c1-10-11(2,9)8-6-4-3-5-7-8/h8-9H,3-7H2,1-2H3. The van der Waals surface area contributed by atoms with Gasteiger partial charge in [-0.2, -0.15) is 0 Å². The molecule has 1 N–H and O–H groups in total. The maximum atomic E-state index is 9.86. The quantitative estimate of drug-likeness (QED) is 0.649. The maximum Gasteiger partial charge on any atom is 0.335 e. The number of hydrogen-bond acceptors (Lipinski definition) is 2. The Morgan fingerprint density at radius 3 is 2.27 bits per heavy atom. The van der Waals surface area contributed by atoms with Gasteiger partial charge in [-0.05, 0) is 19.4 Å². The van der Waals surface area contributed by atoms with E-state index in [1.807, 2.05) is 6.55 Å². The molecule has 0 bridgehead atoms. The molecule has 3 heteroatoms. The zero-order valence-corrected chi connectivity index (χ0v) is 8.47. The van der Waals surface area contributed by atoms with Crippen LogP contribution in [0.2, 0.25) is 12.1 Å². The van der Waals surface area contributed by atoms with Crippen LogP contribution in [0.4, 0.5) is 0 Å². The van der Waals surface area contributed by atoms with E-state index in [0.717, 1.165) is 0 Å². The third-order valence-corrected chi connectivity index (χ3v) is 5.69. The minimum Gasteiger partial charge on any atom is -0.411 e.